The summed E-state index contributed by atoms with van der Waals surface area (Å²) in [5.74, 6) is 1.59. The van der Waals surface area contributed by atoms with E-state index in [1.54, 1.807) is 7.11 Å². The molecule has 1 atom stereocenters. The second-order valence-corrected chi connectivity index (χ2v) is 5.18. The number of ether oxygens (including phenoxy) is 1. The highest BCUT2D eigenvalue weighted by Gasteiger charge is 2.22. The summed E-state index contributed by atoms with van der Waals surface area (Å²) in [5, 5.41) is 0. The van der Waals surface area contributed by atoms with Gasteiger partial charge < -0.3 is 9.64 Å². The molecule has 0 N–H and O–H groups in total. The molecule has 0 radical (unpaired) electrons. The summed E-state index contributed by atoms with van der Waals surface area (Å²) in [4.78, 5) is 14.3. The van der Waals surface area contributed by atoms with Crippen LogP contribution in [0.1, 0.15) is 35.7 Å². The van der Waals surface area contributed by atoms with E-state index < -0.39 is 0 Å². The molecule has 1 amide bonds. The van der Waals surface area contributed by atoms with Crippen molar-refractivity contribution in [2.24, 2.45) is 5.92 Å². The molecule has 0 aliphatic carbocycles. The normalized spacial score (nSPS) is 19.7. The molecule has 0 unspecified atom stereocenters. The highest BCUT2D eigenvalue weighted by molar-refractivity contribution is 5.94. The number of piperidine rings is 1. The minimum atomic E-state index is 0.146. The molecular formula is C15H21NO2. The number of hydrogen-bond acceptors (Lipinski definition) is 2. The smallest absolute Gasteiger partial charge is 0.253 e. The van der Waals surface area contributed by atoms with Crippen molar-refractivity contribution in [2.45, 2.75) is 26.7 Å². The summed E-state index contributed by atoms with van der Waals surface area (Å²) in [6.45, 7) is 5.94. The van der Waals surface area contributed by atoms with Crippen LogP contribution in [0.4, 0.5) is 0 Å². The van der Waals surface area contributed by atoms with Gasteiger partial charge in [0.15, 0.2) is 0 Å². The Hall–Kier alpha value is -1.51. The number of nitrogens with zero attached hydrogens (tertiary/aromatic N) is 1. The van der Waals surface area contributed by atoms with E-state index in [1.165, 1.54) is 6.42 Å². The monoisotopic (exact) mass is 247 g/mol. The lowest BCUT2D eigenvalue weighted by atomic mass is 9.99. The first-order valence-corrected chi connectivity index (χ1v) is 6.55. The molecule has 0 spiro atoms. The van der Waals surface area contributed by atoms with Gasteiger partial charge in [-0.25, -0.2) is 0 Å². The van der Waals surface area contributed by atoms with Gasteiger partial charge in [0.2, 0.25) is 0 Å². The van der Waals surface area contributed by atoms with E-state index in [1.807, 2.05) is 30.0 Å². The number of rotatable bonds is 2. The third-order valence-corrected chi connectivity index (χ3v) is 3.59. The number of aryl methyl sites for hydroxylation is 1. The molecule has 1 aromatic rings. The van der Waals surface area contributed by atoms with Gasteiger partial charge in [-0.1, -0.05) is 6.92 Å². The summed E-state index contributed by atoms with van der Waals surface area (Å²) in [5.41, 5.74) is 1.77. The number of hydrogen-bond donors (Lipinski definition) is 0. The Kier molecular flexibility index (Phi) is 3.90. The first-order valence-electron chi connectivity index (χ1n) is 6.55. The van der Waals surface area contributed by atoms with E-state index in [4.69, 9.17) is 4.74 Å². The second kappa shape index (κ2) is 5.42. The first kappa shape index (κ1) is 12.9. The molecule has 3 heteroatoms. The summed E-state index contributed by atoms with van der Waals surface area (Å²) in [6, 6.07) is 5.64. The molecular weight excluding hydrogens is 226 g/mol. The molecule has 98 valence electrons. The second-order valence-electron chi connectivity index (χ2n) is 5.18. The third kappa shape index (κ3) is 2.66. The van der Waals surface area contributed by atoms with E-state index >= 15 is 0 Å². The van der Waals surface area contributed by atoms with Gasteiger partial charge in [0.05, 0.1) is 7.11 Å². The fourth-order valence-electron chi connectivity index (χ4n) is 2.57. The molecule has 1 saturated heterocycles. The van der Waals surface area contributed by atoms with Gasteiger partial charge in [0.1, 0.15) is 5.75 Å². The predicted octanol–water partition coefficient (Wildman–Crippen LogP) is 2.88. The highest BCUT2D eigenvalue weighted by Crippen LogP contribution is 2.22. The Morgan fingerprint density at radius 3 is 2.83 bits per heavy atom. The lowest BCUT2D eigenvalue weighted by Gasteiger charge is -2.31. The van der Waals surface area contributed by atoms with Crippen LogP contribution < -0.4 is 4.74 Å². The van der Waals surface area contributed by atoms with Crippen molar-refractivity contribution in [1.29, 1.82) is 0 Å². The van der Waals surface area contributed by atoms with Gasteiger partial charge in [-0.15, -0.1) is 0 Å². The van der Waals surface area contributed by atoms with Crippen molar-refractivity contribution < 1.29 is 9.53 Å². The average molecular weight is 247 g/mol. The van der Waals surface area contributed by atoms with Crippen LogP contribution >= 0.6 is 0 Å². The van der Waals surface area contributed by atoms with Crippen LogP contribution in [0.2, 0.25) is 0 Å². The maximum atomic E-state index is 12.4. The van der Waals surface area contributed by atoms with Crippen LogP contribution in [-0.2, 0) is 0 Å². The molecule has 3 nitrogen and oxygen atoms in total. The first-order chi connectivity index (χ1) is 8.61. The van der Waals surface area contributed by atoms with Crippen molar-refractivity contribution in [1.82, 2.24) is 4.90 Å². The Morgan fingerprint density at radius 2 is 2.22 bits per heavy atom. The topological polar surface area (TPSA) is 29.5 Å². The minimum Gasteiger partial charge on any atom is -0.496 e. The third-order valence-electron chi connectivity index (χ3n) is 3.59. The van der Waals surface area contributed by atoms with Crippen LogP contribution in [0.15, 0.2) is 18.2 Å². The summed E-state index contributed by atoms with van der Waals surface area (Å²) in [7, 11) is 1.65. The zero-order valence-electron chi connectivity index (χ0n) is 11.4. The van der Waals surface area contributed by atoms with Crippen molar-refractivity contribution in [2.75, 3.05) is 20.2 Å². The zero-order valence-corrected chi connectivity index (χ0v) is 11.4. The fraction of sp³-hybridized carbons (Fsp3) is 0.533. The lowest BCUT2D eigenvalue weighted by molar-refractivity contribution is 0.0683. The molecule has 1 aliphatic rings. The van der Waals surface area contributed by atoms with Gasteiger partial charge in [-0.05, 0) is 49.4 Å². The summed E-state index contributed by atoms with van der Waals surface area (Å²) in [6.07, 6.45) is 2.34. The highest BCUT2D eigenvalue weighted by atomic mass is 16.5. The summed E-state index contributed by atoms with van der Waals surface area (Å²) >= 11 is 0. The molecule has 1 aromatic carbocycles. The molecule has 1 fully saturated rings. The van der Waals surface area contributed by atoms with E-state index in [2.05, 4.69) is 6.92 Å². The van der Waals surface area contributed by atoms with E-state index in [0.717, 1.165) is 36.4 Å². The van der Waals surface area contributed by atoms with Crippen molar-refractivity contribution in [3.8, 4) is 5.75 Å². The van der Waals surface area contributed by atoms with Crippen LogP contribution in [0.3, 0.4) is 0 Å². The number of benzene rings is 1. The Balaban J connectivity index is 2.15. The maximum Gasteiger partial charge on any atom is 0.253 e. The van der Waals surface area contributed by atoms with Gasteiger partial charge in [-0.3, -0.25) is 4.79 Å². The molecule has 18 heavy (non-hydrogen) atoms. The Labute approximate surface area is 109 Å². The van der Waals surface area contributed by atoms with Crippen molar-refractivity contribution in [3.05, 3.63) is 29.3 Å². The number of carbonyl (C=O) groups excluding carboxylic acids is 1. The van der Waals surface area contributed by atoms with Crippen LogP contribution in [0.5, 0.6) is 5.75 Å². The van der Waals surface area contributed by atoms with Gasteiger partial charge >= 0.3 is 0 Å². The molecule has 1 aliphatic heterocycles. The molecule has 0 bridgehead atoms. The summed E-state index contributed by atoms with van der Waals surface area (Å²) < 4.78 is 5.22. The van der Waals surface area contributed by atoms with Crippen LogP contribution in [-0.4, -0.2) is 31.0 Å². The maximum absolute atomic E-state index is 12.4. The van der Waals surface area contributed by atoms with E-state index in [9.17, 15) is 4.79 Å². The SMILES string of the molecule is COc1ccc(C(=O)N2CCC[C@H](C)C2)cc1C. The number of methoxy groups -OCH3 is 1. The van der Waals surface area contributed by atoms with Gasteiger partial charge in [0, 0.05) is 18.7 Å². The molecule has 1 heterocycles. The number of amides is 1. The van der Waals surface area contributed by atoms with Crippen molar-refractivity contribution in [3.63, 3.8) is 0 Å². The average Bonchev–Trinajstić information content (AvgIpc) is 2.37. The van der Waals surface area contributed by atoms with E-state index in [-0.39, 0.29) is 5.91 Å². The number of carbonyl (C=O) groups is 1. The zero-order chi connectivity index (χ0) is 13.1. The van der Waals surface area contributed by atoms with Gasteiger partial charge in [-0.2, -0.15) is 0 Å². The van der Waals surface area contributed by atoms with E-state index in [0.29, 0.717) is 5.92 Å². The molecule has 0 saturated carbocycles. The largest absolute Gasteiger partial charge is 0.496 e. The Morgan fingerprint density at radius 1 is 1.44 bits per heavy atom. The van der Waals surface area contributed by atoms with Crippen molar-refractivity contribution >= 4 is 5.91 Å². The van der Waals surface area contributed by atoms with Gasteiger partial charge in [0.25, 0.3) is 5.91 Å². The molecule has 2 rings (SSSR count). The lowest BCUT2D eigenvalue weighted by Crippen LogP contribution is -2.39. The minimum absolute atomic E-state index is 0.146. The Bertz CT molecular complexity index is 442. The predicted molar refractivity (Wildman–Crippen MR) is 72.0 cm³/mol. The van der Waals surface area contributed by atoms with Crippen LogP contribution in [0.25, 0.3) is 0 Å². The standard InChI is InChI=1S/C15H21NO2/c1-11-5-4-8-16(10-11)15(17)13-6-7-14(18-3)12(2)9-13/h6-7,9,11H,4-5,8,10H2,1-3H3/t11-/m0/s1. The fourth-order valence-corrected chi connectivity index (χ4v) is 2.57. The molecule has 0 aromatic heterocycles. The number of likely N-dealkylation sites (tertiary alicyclic amines) is 1. The van der Waals surface area contributed by atoms with Crippen LogP contribution in [0, 0.1) is 12.8 Å². The quantitative estimate of drug-likeness (QED) is 0.804.